The van der Waals surface area contributed by atoms with E-state index in [0.717, 1.165) is 33.7 Å². The smallest absolute Gasteiger partial charge is 0.306 e. The van der Waals surface area contributed by atoms with E-state index in [4.69, 9.17) is 19.2 Å². The van der Waals surface area contributed by atoms with E-state index in [2.05, 4.69) is 32.7 Å². The number of pyridine rings is 2. The van der Waals surface area contributed by atoms with Crippen LogP contribution in [0.25, 0.3) is 16.9 Å². The van der Waals surface area contributed by atoms with Gasteiger partial charge in [-0.3, -0.25) is 13.9 Å². The maximum Gasteiger partial charge on any atom is 0.306 e. The second-order valence-corrected chi connectivity index (χ2v) is 8.92. The van der Waals surface area contributed by atoms with Crippen molar-refractivity contribution in [3.63, 3.8) is 0 Å². The van der Waals surface area contributed by atoms with Crippen molar-refractivity contribution in [3.05, 3.63) is 96.1 Å². The summed E-state index contributed by atoms with van der Waals surface area (Å²) in [5.41, 5.74) is 5.71. The molecule has 0 spiro atoms. The van der Waals surface area contributed by atoms with Crippen LogP contribution in [-0.2, 0) is 29.1 Å². The number of esters is 1. The third kappa shape index (κ3) is 6.43. The van der Waals surface area contributed by atoms with Crippen molar-refractivity contribution in [1.29, 1.82) is 0 Å². The van der Waals surface area contributed by atoms with Gasteiger partial charge in [-0.05, 0) is 49.6 Å². The minimum absolute atomic E-state index is 0.231. The number of carbonyl (C=O) groups is 1. The molecule has 0 bridgehead atoms. The highest BCUT2D eigenvalue weighted by molar-refractivity contribution is 5.69. The van der Waals surface area contributed by atoms with Crippen LogP contribution in [-0.4, -0.2) is 43.3 Å². The summed E-state index contributed by atoms with van der Waals surface area (Å²) in [6, 6.07) is 20.1. The molecule has 5 rings (SSSR count). The summed E-state index contributed by atoms with van der Waals surface area (Å²) in [4.78, 5) is 20.9. The second-order valence-electron chi connectivity index (χ2n) is 8.92. The number of benzene rings is 1. The predicted octanol–water partition coefficient (Wildman–Crippen LogP) is 5.11. The fraction of sp³-hybridized carbons (Fsp3) is 0.267. The minimum atomic E-state index is -0.231. The lowest BCUT2D eigenvalue weighted by Crippen LogP contribution is -2.05. The van der Waals surface area contributed by atoms with Crippen LogP contribution in [0.15, 0.2) is 79.3 Å². The molecule has 0 aliphatic carbocycles. The average Bonchev–Trinajstić information content (AvgIpc) is 3.55. The van der Waals surface area contributed by atoms with E-state index < -0.39 is 0 Å². The Balaban J connectivity index is 1.26. The van der Waals surface area contributed by atoms with Crippen LogP contribution in [0.5, 0.6) is 11.8 Å². The van der Waals surface area contributed by atoms with Gasteiger partial charge in [0.2, 0.25) is 11.8 Å². The first kappa shape index (κ1) is 26.0. The first-order chi connectivity index (χ1) is 19.1. The van der Waals surface area contributed by atoms with Gasteiger partial charge in [0, 0.05) is 36.6 Å². The topological polar surface area (TPSA) is 92.8 Å². The lowest BCUT2D eigenvalue weighted by atomic mass is 10.1. The molecular weight excluding hydrogens is 494 g/mol. The molecule has 0 fully saturated rings. The number of hydrogen-bond donors (Lipinski definition) is 0. The Bertz CT molecular complexity index is 1540. The molecule has 1 aromatic carbocycles. The highest BCUT2D eigenvalue weighted by atomic mass is 16.5. The molecule has 5 aromatic rings. The van der Waals surface area contributed by atoms with E-state index in [1.807, 2.05) is 61.8 Å². The van der Waals surface area contributed by atoms with E-state index in [-0.39, 0.29) is 12.4 Å². The van der Waals surface area contributed by atoms with Gasteiger partial charge >= 0.3 is 5.97 Å². The fourth-order valence-electron chi connectivity index (χ4n) is 4.36. The molecule has 0 aliphatic heterocycles. The lowest BCUT2D eigenvalue weighted by Gasteiger charge is -2.06. The normalized spacial score (nSPS) is 11.0. The number of rotatable bonds is 12. The molecule has 0 saturated heterocycles. The Morgan fingerprint density at radius 1 is 0.949 bits per heavy atom. The number of carbonyl (C=O) groups excluding carboxylic acids is 1. The summed E-state index contributed by atoms with van der Waals surface area (Å²) in [6.07, 6.45) is 6.41. The molecule has 4 heterocycles. The monoisotopic (exact) mass is 525 g/mol. The Labute approximate surface area is 227 Å². The van der Waals surface area contributed by atoms with Crippen molar-refractivity contribution in [3.8, 4) is 23.0 Å². The largest absolute Gasteiger partial charge is 0.477 e. The summed E-state index contributed by atoms with van der Waals surface area (Å²) in [7, 11) is 0. The number of aryl methyl sites for hydroxylation is 1. The molecular formula is C30H31N5O4. The molecule has 4 aromatic heterocycles. The first-order valence-electron chi connectivity index (χ1n) is 13.1. The van der Waals surface area contributed by atoms with Crippen LogP contribution in [0.3, 0.4) is 0 Å². The van der Waals surface area contributed by atoms with Crippen molar-refractivity contribution in [2.24, 2.45) is 0 Å². The molecule has 9 heteroatoms. The van der Waals surface area contributed by atoms with Crippen molar-refractivity contribution < 1.29 is 19.0 Å². The maximum atomic E-state index is 11.8. The van der Waals surface area contributed by atoms with Crippen LogP contribution in [0.4, 0.5) is 0 Å². The van der Waals surface area contributed by atoms with Gasteiger partial charge in [0.1, 0.15) is 12.3 Å². The van der Waals surface area contributed by atoms with Gasteiger partial charge in [-0.15, -0.1) is 5.10 Å². The van der Waals surface area contributed by atoms with Crippen LogP contribution in [0.2, 0.25) is 0 Å². The third-order valence-corrected chi connectivity index (χ3v) is 6.11. The number of ether oxygens (including phenoxy) is 3. The Kier molecular flexibility index (Phi) is 8.16. The quantitative estimate of drug-likeness (QED) is 0.209. The molecule has 9 nitrogen and oxygen atoms in total. The number of hydrogen-bond acceptors (Lipinski definition) is 7. The third-order valence-electron chi connectivity index (χ3n) is 6.11. The highest BCUT2D eigenvalue weighted by Gasteiger charge is 2.14. The molecule has 0 aliphatic rings. The summed E-state index contributed by atoms with van der Waals surface area (Å²) in [6.45, 7) is 5.37. The molecule has 200 valence electrons. The summed E-state index contributed by atoms with van der Waals surface area (Å²) >= 11 is 0. The zero-order chi connectivity index (χ0) is 27.0. The van der Waals surface area contributed by atoms with E-state index in [0.29, 0.717) is 44.5 Å². The van der Waals surface area contributed by atoms with Crippen molar-refractivity contribution >= 4 is 11.6 Å². The molecule has 0 saturated carbocycles. The van der Waals surface area contributed by atoms with Gasteiger partial charge in [-0.2, -0.15) is 0 Å². The highest BCUT2D eigenvalue weighted by Crippen LogP contribution is 2.22. The van der Waals surface area contributed by atoms with Crippen LogP contribution >= 0.6 is 0 Å². The SMILES string of the molecule is CCOC(=O)CCc1cn(Cc2ccnc(OCc3cn4c(-c5ccccc5)cccc4n3)c2)nc1OCC. The average molecular weight is 526 g/mol. The first-order valence-corrected chi connectivity index (χ1v) is 13.1. The maximum absolute atomic E-state index is 11.8. The van der Waals surface area contributed by atoms with Crippen molar-refractivity contribution in [2.75, 3.05) is 13.2 Å². The number of imidazole rings is 1. The van der Waals surface area contributed by atoms with Gasteiger partial charge in [-0.25, -0.2) is 9.97 Å². The summed E-state index contributed by atoms with van der Waals surface area (Å²) in [5.74, 6) is 0.812. The van der Waals surface area contributed by atoms with E-state index >= 15 is 0 Å². The fourth-order valence-corrected chi connectivity index (χ4v) is 4.36. The van der Waals surface area contributed by atoms with Crippen LogP contribution < -0.4 is 9.47 Å². The predicted molar refractivity (Wildman–Crippen MR) is 147 cm³/mol. The number of aromatic nitrogens is 5. The van der Waals surface area contributed by atoms with E-state index in [1.54, 1.807) is 17.8 Å². The van der Waals surface area contributed by atoms with Gasteiger partial charge < -0.3 is 14.2 Å². The van der Waals surface area contributed by atoms with Gasteiger partial charge in [-0.1, -0.05) is 36.4 Å². The standard InChI is InChI=1S/C30H31N5O4/c1-3-37-29(36)14-13-24-19-34(33-30(24)38-4-2)18-22-15-16-31-28(17-22)39-21-25-20-35-26(11-8-12-27(35)32-25)23-9-6-5-7-10-23/h5-12,15-17,19-20H,3-4,13-14,18,21H2,1-2H3. The number of nitrogens with zero attached hydrogens (tertiary/aromatic N) is 5. The second kappa shape index (κ2) is 12.3. The zero-order valence-electron chi connectivity index (χ0n) is 22.1. The molecule has 0 N–H and O–H groups in total. The van der Waals surface area contributed by atoms with Gasteiger partial charge in [0.15, 0.2) is 0 Å². The van der Waals surface area contributed by atoms with Crippen LogP contribution in [0, 0.1) is 0 Å². The van der Waals surface area contributed by atoms with Gasteiger partial charge in [0.05, 0.1) is 31.1 Å². The molecule has 0 unspecified atom stereocenters. The lowest BCUT2D eigenvalue weighted by molar-refractivity contribution is -0.143. The summed E-state index contributed by atoms with van der Waals surface area (Å²) < 4.78 is 20.6. The molecule has 0 atom stereocenters. The molecule has 0 amide bonds. The Morgan fingerprint density at radius 3 is 2.64 bits per heavy atom. The van der Waals surface area contributed by atoms with E-state index in [9.17, 15) is 4.79 Å². The van der Waals surface area contributed by atoms with E-state index in [1.165, 1.54) is 0 Å². The Morgan fingerprint density at radius 2 is 1.82 bits per heavy atom. The van der Waals surface area contributed by atoms with Crippen LogP contribution in [0.1, 0.15) is 37.1 Å². The molecule has 0 radical (unpaired) electrons. The van der Waals surface area contributed by atoms with Crippen molar-refractivity contribution in [2.45, 2.75) is 39.8 Å². The zero-order valence-corrected chi connectivity index (χ0v) is 22.1. The number of fused-ring (bicyclic) bond motifs is 1. The Hall–Kier alpha value is -4.66. The minimum Gasteiger partial charge on any atom is -0.477 e. The van der Waals surface area contributed by atoms with Crippen molar-refractivity contribution in [1.82, 2.24) is 24.1 Å². The summed E-state index contributed by atoms with van der Waals surface area (Å²) in [5, 5.41) is 4.57. The van der Waals surface area contributed by atoms with Gasteiger partial charge in [0.25, 0.3) is 0 Å². The molecule has 39 heavy (non-hydrogen) atoms.